The van der Waals surface area contributed by atoms with Crippen LogP contribution in [-0.4, -0.2) is 32.1 Å². The maximum Gasteiger partial charge on any atom is 0.244 e. The lowest BCUT2D eigenvalue weighted by molar-refractivity contribution is -0.124. The Morgan fingerprint density at radius 3 is 2.54 bits per heavy atom. The number of hydrogen-bond acceptors (Lipinski definition) is 4. The Balaban J connectivity index is 1.80. The first-order valence-corrected chi connectivity index (χ1v) is 9.19. The van der Waals surface area contributed by atoms with Crippen LogP contribution in [0, 0.1) is 0 Å². The van der Waals surface area contributed by atoms with Crippen LogP contribution in [-0.2, 0) is 16.1 Å². The van der Waals surface area contributed by atoms with Gasteiger partial charge in [-0.1, -0.05) is 43.3 Å². The fourth-order valence-corrected chi connectivity index (χ4v) is 2.38. The van der Waals surface area contributed by atoms with E-state index >= 15 is 0 Å². The molecule has 0 saturated heterocycles. The number of amides is 2. The molecule has 0 unspecified atom stereocenters. The third-order valence-corrected chi connectivity index (χ3v) is 3.83. The molecular formula is C22H26N2O4. The topological polar surface area (TPSA) is 76.7 Å². The second-order valence-electron chi connectivity index (χ2n) is 6.07. The molecule has 0 bridgehead atoms. The van der Waals surface area contributed by atoms with Gasteiger partial charge in [0.25, 0.3) is 0 Å². The van der Waals surface area contributed by atoms with Crippen molar-refractivity contribution in [1.29, 1.82) is 0 Å². The van der Waals surface area contributed by atoms with Gasteiger partial charge >= 0.3 is 0 Å². The van der Waals surface area contributed by atoms with E-state index in [1.165, 1.54) is 6.08 Å². The smallest absolute Gasteiger partial charge is 0.244 e. The van der Waals surface area contributed by atoms with Crippen LogP contribution in [0.25, 0.3) is 6.08 Å². The largest absolute Gasteiger partial charge is 0.493 e. The number of carbonyl (C=O) groups is 2. The van der Waals surface area contributed by atoms with Crippen molar-refractivity contribution in [3.05, 3.63) is 65.7 Å². The summed E-state index contributed by atoms with van der Waals surface area (Å²) < 4.78 is 10.9. The summed E-state index contributed by atoms with van der Waals surface area (Å²) in [4.78, 5) is 23.7. The third kappa shape index (κ3) is 7.15. The van der Waals surface area contributed by atoms with E-state index < -0.39 is 0 Å². The summed E-state index contributed by atoms with van der Waals surface area (Å²) in [6.07, 6.45) is 3.94. The Hall–Kier alpha value is -3.28. The van der Waals surface area contributed by atoms with Crippen molar-refractivity contribution in [2.24, 2.45) is 0 Å². The molecule has 2 aromatic rings. The van der Waals surface area contributed by atoms with E-state index in [-0.39, 0.29) is 18.4 Å². The summed E-state index contributed by atoms with van der Waals surface area (Å²) in [7, 11) is 1.57. The Morgan fingerprint density at radius 1 is 1.04 bits per heavy atom. The lowest BCUT2D eigenvalue weighted by atomic mass is 10.2. The lowest BCUT2D eigenvalue weighted by Gasteiger charge is -2.10. The van der Waals surface area contributed by atoms with Crippen molar-refractivity contribution in [2.45, 2.75) is 19.9 Å². The third-order valence-electron chi connectivity index (χ3n) is 3.83. The number of carbonyl (C=O) groups excluding carboxylic acids is 2. The van der Waals surface area contributed by atoms with Crippen LogP contribution in [0.3, 0.4) is 0 Å². The molecule has 0 aliphatic heterocycles. The predicted octanol–water partition coefficient (Wildman–Crippen LogP) is 2.93. The highest BCUT2D eigenvalue weighted by atomic mass is 16.5. The molecule has 0 atom stereocenters. The number of benzene rings is 2. The van der Waals surface area contributed by atoms with Crippen LogP contribution in [0.5, 0.6) is 11.5 Å². The van der Waals surface area contributed by atoms with Crippen LogP contribution in [0.15, 0.2) is 54.6 Å². The number of methoxy groups -OCH3 is 1. The van der Waals surface area contributed by atoms with Gasteiger partial charge in [-0.05, 0) is 35.8 Å². The number of rotatable bonds is 10. The summed E-state index contributed by atoms with van der Waals surface area (Å²) >= 11 is 0. The highest BCUT2D eigenvalue weighted by molar-refractivity contribution is 5.94. The van der Waals surface area contributed by atoms with Gasteiger partial charge in [0, 0.05) is 12.6 Å². The highest BCUT2D eigenvalue weighted by Crippen LogP contribution is 2.28. The Kier molecular flexibility index (Phi) is 8.59. The minimum absolute atomic E-state index is 0.0802. The predicted molar refractivity (Wildman–Crippen MR) is 109 cm³/mol. The minimum Gasteiger partial charge on any atom is -0.493 e. The van der Waals surface area contributed by atoms with E-state index in [0.717, 1.165) is 17.5 Å². The van der Waals surface area contributed by atoms with E-state index in [9.17, 15) is 9.59 Å². The van der Waals surface area contributed by atoms with Crippen molar-refractivity contribution >= 4 is 17.9 Å². The second-order valence-corrected chi connectivity index (χ2v) is 6.07. The molecule has 2 aromatic carbocycles. The van der Waals surface area contributed by atoms with Crippen LogP contribution in [0.2, 0.25) is 0 Å². The van der Waals surface area contributed by atoms with E-state index in [1.807, 2.05) is 49.4 Å². The van der Waals surface area contributed by atoms with Crippen LogP contribution in [0.4, 0.5) is 0 Å². The molecule has 0 aliphatic carbocycles. The second kappa shape index (κ2) is 11.4. The van der Waals surface area contributed by atoms with Gasteiger partial charge in [0.2, 0.25) is 11.8 Å². The molecule has 0 radical (unpaired) electrons. The number of ether oxygens (including phenoxy) is 2. The molecule has 2 N–H and O–H groups in total. The van der Waals surface area contributed by atoms with Crippen molar-refractivity contribution in [3.63, 3.8) is 0 Å². The van der Waals surface area contributed by atoms with Gasteiger partial charge in [-0.2, -0.15) is 0 Å². The Morgan fingerprint density at radius 2 is 1.82 bits per heavy atom. The van der Waals surface area contributed by atoms with E-state index in [4.69, 9.17) is 9.47 Å². The van der Waals surface area contributed by atoms with Crippen LogP contribution < -0.4 is 20.1 Å². The average Bonchev–Trinajstić information content (AvgIpc) is 2.74. The molecule has 148 valence electrons. The van der Waals surface area contributed by atoms with Crippen LogP contribution >= 0.6 is 0 Å². The molecule has 0 spiro atoms. The fourth-order valence-electron chi connectivity index (χ4n) is 2.38. The molecular weight excluding hydrogens is 356 g/mol. The van der Waals surface area contributed by atoms with Crippen LogP contribution in [0.1, 0.15) is 24.5 Å². The normalized spacial score (nSPS) is 10.5. The van der Waals surface area contributed by atoms with E-state index in [2.05, 4.69) is 10.6 Å². The maximum atomic E-state index is 11.9. The molecule has 0 aromatic heterocycles. The zero-order valence-corrected chi connectivity index (χ0v) is 16.2. The van der Waals surface area contributed by atoms with E-state index in [1.54, 1.807) is 19.3 Å². The van der Waals surface area contributed by atoms with Crippen molar-refractivity contribution in [2.75, 3.05) is 20.3 Å². The van der Waals surface area contributed by atoms with Gasteiger partial charge < -0.3 is 20.1 Å². The monoisotopic (exact) mass is 382 g/mol. The van der Waals surface area contributed by atoms with Gasteiger partial charge in [-0.3, -0.25) is 9.59 Å². The van der Waals surface area contributed by atoms with Gasteiger partial charge in [0.1, 0.15) is 0 Å². The molecule has 0 aliphatic rings. The lowest BCUT2D eigenvalue weighted by Crippen LogP contribution is -2.35. The molecule has 0 fully saturated rings. The molecule has 28 heavy (non-hydrogen) atoms. The van der Waals surface area contributed by atoms with Gasteiger partial charge in [0.05, 0.1) is 20.3 Å². The van der Waals surface area contributed by atoms with Crippen molar-refractivity contribution in [1.82, 2.24) is 10.6 Å². The Bertz CT molecular complexity index is 803. The van der Waals surface area contributed by atoms with Crippen molar-refractivity contribution in [3.8, 4) is 11.5 Å². The summed E-state index contributed by atoms with van der Waals surface area (Å²) in [5, 5.41) is 5.32. The summed E-state index contributed by atoms with van der Waals surface area (Å²) in [6.45, 7) is 2.99. The first-order chi connectivity index (χ1) is 13.6. The number of hydrogen-bond donors (Lipinski definition) is 2. The molecule has 0 heterocycles. The Labute approximate surface area is 165 Å². The van der Waals surface area contributed by atoms with Gasteiger partial charge in [-0.25, -0.2) is 0 Å². The molecule has 0 saturated carbocycles. The van der Waals surface area contributed by atoms with Crippen molar-refractivity contribution < 1.29 is 19.1 Å². The zero-order chi connectivity index (χ0) is 20.2. The zero-order valence-electron chi connectivity index (χ0n) is 16.2. The van der Waals surface area contributed by atoms with E-state index in [0.29, 0.717) is 24.7 Å². The number of nitrogens with one attached hydrogen (secondary N) is 2. The molecule has 6 heteroatoms. The summed E-state index contributed by atoms with van der Waals surface area (Å²) in [5.74, 6) is 0.683. The highest BCUT2D eigenvalue weighted by Gasteiger charge is 2.06. The SMILES string of the molecule is CCCOc1ccc(/C=C/C(=O)NCC(=O)NCc2ccccc2)cc1OC. The van der Waals surface area contributed by atoms with Gasteiger partial charge in [0.15, 0.2) is 11.5 Å². The minimum atomic E-state index is -0.347. The molecule has 2 amide bonds. The summed E-state index contributed by atoms with van der Waals surface area (Å²) in [5.41, 5.74) is 1.80. The standard InChI is InChI=1S/C22H26N2O4/c1-3-13-28-19-11-9-17(14-20(19)27-2)10-12-21(25)24-16-22(26)23-15-18-7-5-4-6-8-18/h4-12,14H,3,13,15-16H2,1-2H3,(H,23,26)(H,24,25)/b12-10+. The first-order valence-electron chi connectivity index (χ1n) is 9.19. The quantitative estimate of drug-likeness (QED) is 0.620. The molecule has 2 rings (SSSR count). The maximum absolute atomic E-state index is 11.9. The van der Waals surface area contributed by atoms with Gasteiger partial charge in [-0.15, -0.1) is 0 Å². The first kappa shape index (κ1) is 21.0. The average molecular weight is 382 g/mol. The summed E-state index contributed by atoms with van der Waals surface area (Å²) in [6, 6.07) is 15.0. The molecule has 6 nitrogen and oxygen atoms in total. The fraction of sp³-hybridized carbons (Fsp3) is 0.273.